The summed E-state index contributed by atoms with van der Waals surface area (Å²) in [5.74, 6) is 5.50. The van der Waals surface area contributed by atoms with Crippen molar-refractivity contribution in [2.24, 2.45) is 5.84 Å². The highest BCUT2D eigenvalue weighted by Crippen LogP contribution is 2.39. The Morgan fingerprint density at radius 1 is 1.38 bits per heavy atom. The highest BCUT2D eigenvalue weighted by Gasteiger charge is 2.32. The molecule has 1 heterocycles. The van der Waals surface area contributed by atoms with E-state index in [4.69, 9.17) is 5.84 Å². The first-order chi connectivity index (χ1) is 10.1. The van der Waals surface area contributed by atoms with E-state index in [1.807, 2.05) is 11.8 Å². The van der Waals surface area contributed by atoms with Gasteiger partial charge in [0.1, 0.15) is 6.33 Å². The number of hydrazine groups is 1. The fourth-order valence-corrected chi connectivity index (χ4v) is 3.59. The summed E-state index contributed by atoms with van der Waals surface area (Å²) in [5.41, 5.74) is 2.03. The van der Waals surface area contributed by atoms with Crippen LogP contribution in [0.25, 0.3) is 0 Å². The SMILES string of the molecule is CSC1(CNc2ncnc(NN)c2[N+](=O)[O-])CCCCC1. The zero-order valence-electron chi connectivity index (χ0n) is 12.0. The molecule has 0 spiro atoms. The first-order valence-corrected chi connectivity index (χ1v) is 8.09. The molecule has 0 radical (unpaired) electrons. The van der Waals surface area contributed by atoms with Crippen molar-refractivity contribution in [3.63, 3.8) is 0 Å². The first kappa shape index (κ1) is 15.8. The molecule has 9 heteroatoms. The maximum absolute atomic E-state index is 11.2. The predicted molar refractivity (Wildman–Crippen MR) is 84.3 cm³/mol. The molecule has 1 aliphatic rings. The Kier molecular flexibility index (Phi) is 5.18. The van der Waals surface area contributed by atoms with Crippen LogP contribution in [-0.2, 0) is 0 Å². The van der Waals surface area contributed by atoms with Crippen LogP contribution >= 0.6 is 11.8 Å². The number of nitrogens with zero attached hydrogens (tertiary/aromatic N) is 3. The lowest BCUT2D eigenvalue weighted by Gasteiger charge is -2.35. The van der Waals surface area contributed by atoms with Crippen molar-refractivity contribution >= 4 is 29.1 Å². The number of hydrogen-bond acceptors (Lipinski definition) is 8. The molecule has 1 saturated carbocycles. The Hall–Kier alpha value is -1.61. The highest BCUT2D eigenvalue weighted by molar-refractivity contribution is 8.00. The molecule has 0 amide bonds. The normalized spacial score (nSPS) is 17.2. The van der Waals surface area contributed by atoms with Gasteiger partial charge in [-0.15, -0.1) is 0 Å². The van der Waals surface area contributed by atoms with Gasteiger partial charge in [-0.05, 0) is 19.1 Å². The van der Waals surface area contributed by atoms with Crippen LogP contribution in [-0.4, -0.2) is 32.4 Å². The van der Waals surface area contributed by atoms with Gasteiger partial charge in [-0.2, -0.15) is 11.8 Å². The van der Waals surface area contributed by atoms with Crippen molar-refractivity contribution in [3.8, 4) is 0 Å². The minimum Gasteiger partial charge on any atom is -0.363 e. The zero-order chi connectivity index (χ0) is 15.3. The van der Waals surface area contributed by atoms with Crippen LogP contribution in [0.2, 0.25) is 0 Å². The zero-order valence-corrected chi connectivity index (χ0v) is 12.8. The predicted octanol–water partition coefficient (Wildman–Crippen LogP) is 2.15. The van der Waals surface area contributed by atoms with Gasteiger partial charge in [-0.25, -0.2) is 15.8 Å². The fourth-order valence-electron chi connectivity index (χ4n) is 2.68. The van der Waals surface area contributed by atoms with Crippen molar-refractivity contribution in [2.45, 2.75) is 36.9 Å². The maximum atomic E-state index is 11.2. The maximum Gasteiger partial charge on any atom is 0.354 e. The molecule has 2 rings (SSSR count). The Labute approximate surface area is 127 Å². The van der Waals surface area contributed by atoms with E-state index >= 15 is 0 Å². The lowest BCUT2D eigenvalue weighted by molar-refractivity contribution is -0.383. The van der Waals surface area contributed by atoms with Crippen LogP contribution in [0.5, 0.6) is 0 Å². The standard InChI is InChI=1S/C12H20N6O2S/c1-21-12(5-3-2-4-6-12)7-14-10-9(18(19)20)11(17-13)16-8-15-10/h8H,2-7,13H2,1H3,(H2,14,15,16,17). The van der Waals surface area contributed by atoms with Gasteiger partial charge in [0.25, 0.3) is 0 Å². The van der Waals surface area contributed by atoms with E-state index in [1.165, 1.54) is 25.6 Å². The van der Waals surface area contributed by atoms with Crippen LogP contribution in [0.4, 0.5) is 17.3 Å². The van der Waals surface area contributed by atoms with Crippen molar-refractivity contribution < 1.29 is 4.92 Å². The second-order valence-corrected chi connectivity index (χ2v) is 6.40. The van der Waals surface area contributed by atoms with Gasteiger partial charge in [-0.3, -0.25) is 10.1 Å². The summed E-state index contributed by atoms with van der Waals surface area (Å²) in [6, 6.07) is 0. The molecule has 0 aromatic carbocycles. The molecule has 116 valence electrons. The average molecular weight is 312 g/mol. The lowest BCUT2D eigenvalue weighted by Crippen LogP contribution is -2.36. The molecular weight excluding hydrogens is 292 g/mol. The summed E-state index contributed by atoms with van der Waals surface area (Å²) in [7, 11) is 0. The Bertz CT molecular complexity index is 507. The average Bonchev–Trinajstić information content (AvgIpc) is 2.53. The topological polar surface area (TPSA) is 119 Å². The number of nitrogens with one attached hydrogen (secondary N) is 2. The van der Waals surface area contributed by atoms with E-state index in [1.54, 1.807) is 0 Å². The number of anilines is 2. The Balaban J connectivity index is 2.17. The van der Waals surface area contributed by atoms with Gasteiger partial charge < -0.3 is 10.7 Å². The summed E-state index contributed by atoms with van der Waals surface area (Å²) in [4.78, 5) is 18.4. The minimum atomic E-state index is -0.524. The van der Waals surface area contributed by atoms with E-state index in [2.05, 4.69) is 27.0 Å². The van der Waals surface area contributed by atoms with Gasteiger partial charge in [0.2, 0.25) is 11.6 Å². The Morgan fingerprint density at radius 2 is 2.05 bits per heavy atom. The van der Waals surface area contributed by atoms with Crippen molar-refractivity contribution in [2.75, 3.05) is 23.5 Å². The summed E-state index contributed by atoms with van der Waals surface area (Å²) in [6.07, 6.45) is 9.24. The van der Waals surface area contributed by atoms with Gasteiger partial charge in [0, 0.05) is 11.3 Å². The molecule has 8 nitrogen and oxygen atoms in total. The number of nitrogen functional groups attached to an aromatic ring is 1. The van der Waals surface area contributed by atoms with E-state index < -0.39 is 4.92 Å². The van der Waals surface area contributed by atoms with E-state index in [0.717, 1.165) is 12.8 Å². The van der Waals surface area contributed by atoms with Crippen LogP contribution in [0.15, 0.2) is 6.33 Å². The Morgan fingerprint density at radius 3 is 2.62 bits per heavy atom. The summed E-state index contributed by atoms with van der Waals surface area (Å²) >= 11 is 1.82. The van der Waals surface area contributed by atoms with Gasteiger partial charge in [0.05, 0.1) is 4.92 Å². The minimum absolute atomic E-state index is 0.0133. The molecule has 1 aromatic rings. The van der Waals surface area contributed by atoms with Crippen LogP contribution in [0.1, 0.15) is 32.1 Å². The molecule has 0 saturated heterocycles. The number of hydrogen-bond donors (Lipinski definition) is 3. The lowest BCUT2D eigenvalue weighted by atomic mass is 9.88. The smallest absolute Gasteiger partial charge is 0.354 e. The summed E-state index contributed by atoms with van der Waals surface area (Å²) in [6.45, 7) is 0.649. The number of thioether (sulfide) groups is 1. The molecular formula is C12H20N6O2S. The van der Waals surface area contributed by atoms with Crippen molar-refractivity contribution in [1.82, 2.24) is 9.97 Å². The summed E-state index contributed by atoms with van der Waals surface area (Å²) in [5, 5.41) is 14.3. The largest absolute Gasteiger partial charge is 0.363 e. The van der Waals surface area contributed by atoms with Crippen molar-refractivity contribution in [3.05, 3.63) is 16.4 Å². The number of nitro groups is 1. The molecule has 0 bridgehead atoms. The van der Waals surface area contributed by atoms with Crippen molar-refractivity contribution in [1.29, 1.82) is 0 Å². The molecule has 1 aromatic heterocycles. The second-order valence-electron chi connectivity index (χ2n) is 5.12. The molecule has 4 N–H and O–H groups in total. The quantitative estimate of drug-likeness (QED) is 0.415. The highest BCUT2D eigenvalue weighted by atomic mass is 32.2. The number of rotatable bonds is 6. The molecule has 1 aliphatic carbocycles. The van der Waals surface area contributed by atoms with Gasteiger partial charge in [0.15, 0.2) is 0 Å². The third-order valence-electron chi connectivity index (χ3n) is 3.92. The van der Waals surface area contributed by atoms with E-state index in [-0.39, 0.29) is 22.1 Å². The molecule has 1 fully saturated rings. The first-order valence-electron chi connectivity index (χ1n) is 6.87. The molecule has 0 unspecified atom stereocenters. The third kappa shape index (κ3) is 3.53. The third-order valence-corrected chi connectivity index (χ3v) is 5.34. The van der Waals surface area contributed by atoms with Crippen LogP contribution in [0.3, 0.4) is 0 Å². The van der Waals surface area contributed by atoms with Crippen LogP contribution < -0.4 is 16.6 Å². The fraction of sp³-hybridized carbons (Fsp3) is 0.667. The van der Waals surface area contributed by atoms with Gasteiger partial charge in [-0.1, -0.05) is 19.3 Å². The van der Waals surface area contributed by atoms with Crippen LogP contribution in [0, 0.1) is 10.1 Å². The number of nitrogens with two attached hydrogens (primary N) is 1. The molecule has 21 heavy (non-hydrogen) atoms. The van der Waals surface area contributed by atoms with Gasteiger partial charge >= 0.3 is 5.69 Å². The van der Waals surface area contributed by atoms with E-state index in [9.17, 15) is 10.1 Å². The second kappa shape index (κ2) is 6.90. The van der Waals surface area contributed by atoms with E-state index in [0.29, 0.717) is 6.54 Å². The molecule has 0 aliphatic heterocycles. The monoisotopic (exact) mass is 312 g/mol. The number of aromatic nitrogens is 2. The summed E-state index contributed by atoms with van der Waals surface area (Å²) < 4.78 is 0.118. The molecule has 0 atom stereocenters.